The number of benzene rings is 2. The summed E-state index contributed by atoms with van der Waals surface area (Å²) in [5.41, 5.74) is 2.05. The van der Waals surface area contributed by atoms with Crippen molar-refractivity contribution >= 4 is 34.7 Å². The third-order valence-corrected chi connectivity index (χ3v) is 5.20. The van der Waals surface area contributed by atoms with Gasteiger partial charge < -0.3 is 24.8 Å². The first kappa shape index (κ1) is 24.8. The fourth-order valence-corrected chi connectivity index (χ4v) is 3.59. The molecule has 3 amide bonds. The summed E-state index contributed by atoms with van der Waals surface area (Å²) in [4.78, 5) is 39.2. The van der Waals surface area contributed by atoms with Crippen molar-refractivity contribution in [2.24, 2.45) is 0 Å². The summed E-state index contributed by atoms with van der Waals surface area (Å²) in [6.07, 6.45) is 0.527. The van der Waals surface area contributed by atoms with Gasteiger partial charge in [0.25, 0.3) is 11.8 Å². The van der Waals surface area contributed by atoms with E-state index < -0.39 is 11.8 Å². The zero-order valence-electron chi connectivity index (χ0n) is 19.8. The Hall–Kier alpha value is -3.85. The maximum Gasteiger partial charge on any atom is 0.278 e. The Kier molecular flexibility index (Phi) is 8.26. The van der Waals surface area contributed by atoms with E-state index in [0.29, 0.717) is 48.1 Å². The Balaban J connectivity index is 1.98. The second kappa shape index (κ2) is 11.3. The van der Waals surface area contributed by atoms with Crippen molar-refractivity contribution in [2.45, 2.75) is 20.3 Å². The molecule has 9 nitrogen and oxygen atoms in total. The maximum absolute atomic E-state index is 13.3. The van der Waals surface area contributed by atoms with Crippen LogP contribution in [-0.2, 0) is 19.1 Å². The molecular weight excluding hydrogens is 438 g/mol. The van der Waals surface area contributed by atoms with Crippen LogP contribution < -0.4 is 20.1 Å². The van der Waals surface area contributed by atoms with Gasteiger partial charge in [0, 0.05) is 38.4 Å². The van der Waals surface area contributed by atoms with Crippen molar-refractivity contribution in [1.29, 1.82) is 0 Å². The molecule has 2 aromatic carbocycles. The van der Waals surface area contributed by atoms with Gasteiger partial charge in [-0.05, 0) is 43.2 Å². The number of hydrogen-bond donors (Lipinski definition) is 2. The van der Waals surface area contributed by atoms with E-state index in [1.54, 1.807) is 49.6 Å². The van der Waals surface area contributed by atoms with E-state index in [4.69, 9.17) is 14.2 Å². The molecule has 9 heteroatoms. The number of carbonyl (C=O) groups excluding carboxylic acids is 3. The minimum Gasteiger partial charge on any atom is -0.497 e. The van der Waals surface area contributed by atoms with Crippen LogP contribution in [0.15, 0.2) is 48.2 Å². The molecule has 34 heavy (non-hydrogen) atoms. The van der Waals surface area contributed by atoms with Crippen molar-refractivity contribution in [3.05, 3.63) is 53.7 Å². The van der Waals surface area contributed by atoms with Crippen LogP contribution in [0.25, 0.3) is 5.57 Å². The molecular formula is C25H29N3O6. The molecule has 0 saturated heterocycles. The molecule has 0 radical (unpaired) electrons. The summed E-state index contributed by atoms with van der Waals surface area (Å²) in [6, 6.07) is 11.9. The highest BCUT2D eigenvalue weighted by molar-refractivity contribution is 6.36. The normalized spacial score (nSPS) is 13.4. The van der Waals surface area contributed by atoms with Crippen molar-refractivity contribution in [2.75, 3.05) is 44.6 Å². The highest BCUT2D eigenvalue weighted by Crippen LogP contribution is 2.35. The van der Waals surface area contributed by atoms with Gasteiger partial charge in [0.05, 0.1) is 25.5 Å². The second-order valence-corrected chi connectivity index (χ2v) is 7.51. The lowest BCUT2D eigenvalue weighted by Crippen LogP contribution is -2.34. The molecule has 1 aliphatic heterocycles. The fraction of sp³-hybridized carbons (Fsp3) is 0.320. The second-order valence-electron chi connectivity index (χ2n) is 7.51. The van der Waals surface area contributed by atoms with Crippen LogP contribution in [0.2, 0.25) is 0 Å². The molecule has 2 N–H and O–H groups in total. The lowest BCUT2D eigenvalue weighted by Gasteiger charge is -2.16. The van der Waals surface area contributed by atoms with Crippen LogP contribution in [0.1, 0.15) is 25.8 Å². The minimum atomic E-state index is -0.430. The summed E-state index contributed by atoms with van der Waals surface area (Å²) in [5, 5.41) is 5.80. The lowest BCUT2D eigenvalue weighted by molar-refractivity contribution is -0.137. The van der Waals surface area contributed by atoms with Crippen LogP contribution in [0.3, 0.4) is 0 Å². The summed E-state index contributed by atoms with van der Waals surface area (Å²) in [7, 11) is 3.06. The molecule has 1 aliphatic rings. The summed E-state index contributed by atoms with van der Waals surface area (Å²) in [5.74, 6) is 0.0244. The Bertz CT molecular complexity index is 1090. The number of methoxy groups -OCH3 is 2. The van der Waals surface area contributed by atoms with Gasteiger partial charge in [-0.1, -0.05) is 12.1 Å². The molecule has 3 rings (SSSR count). The van der Waals surface area contributed by atoms with Crippen LogP contribution in [-0.4, -0.2) is 56.6 Å². The van der Waals surface area contributed by atoms with E-state index in [9.17, 15) is 14.4 Å². The number of carbonyl (C=O) groups is 3. The first-order chi connectivity index (χ1) is 16.4. The van der Waals surface area contributed by atoms with Gasteiger partial charge in [0.15, 0.2) is 0 Å². The van der Waals surface area contributed by atoms with Crippen molar-refractivity contribution in [1.82, 2.24) is 4.90 Å². The predicted molar refractivity (Wildman–Crippen MR) is 129 cm³/mol. The highest BCUT2D eigenvalue weighted by atomic mass is 16.5. The number of nitrogens with zero attached hydrogens (tertiary/aromatic N) is 1. The molecule has 0 spiro atoms. The van der Waals surface area contributed by atoms with E-state index in [0.717, 1.165) is 0 Å². The minimum absolute atomic E-state index is 0.150. The van der Waals surface area contributed by atoms with E-state index in [-0.39, 0.29) is 23.7 Å². The molecule has 0 bridgehead atoms. The topological polar surface area (TPSA) is 106 Å². The molecule has 1 heterocycles. The summed E-state index contributed by atoms with van der Waals surface area (Å²) >= 11 is 0. The first-order valence-electron chi connectivity index (χ1n) is 10.9. The SMILES string of the molecule is CCOCCCN1C(=O)C(Nc2ccc(OC)cc2OC)=C(c2ccc(NC(C)=O)cc2)C1=O. The lowest BCUT2D eigenvalue weighted by atomic mass is 10.0. The van der Waals surface area contributed by atoms with E-state index in [1.807, 2.05) is 6.92 Å². The molecule has 0 fully saturated rings. The quantitative estimate of drug-likeness (QED) is 0.386. The smallest absolute Gasteiger partial charge is 0.278 e. The van der Waals surface area contributed by atoms with Gasteiger partial charge in [-0.15, -0.1) is 0 Å². The molecule has 0 unspecified atom stereocenters. The van der Waals surface area contributed by atoms with E-state index in [1.165, 1.54) is 18.9 Å². The zero-order chi connectivity index (χ0) is 24.7. The van der Waals surface area contributed by atoms with Crippen molar-refractivity contribution in [3.8, 4) is 11.5 Å². The highest BCUT2D eigenvalue weighted by Gasteiger charge is 2.39. The van der Waals surface area contributed by atoms with Crippen LogP contribution in [0, 0.1) is 0 Å². The largest absolute Gasteiger partial charge is 0.497 e. The average Bonchev–Trinajstić information content (AvgIpc) is 3.06. The number of ether oxygens (including phenoxy) is 3. The Morgan fingerprint density at radius 3 is 2.35 bits per heavy atom. The van der Waals surface area contributed by atoms with Gasteiger partial charge in [0.1, 0.15) is 17.2 Å². The predicted octanol–water partition coefficient (Wildman–Crippen LogP) is 3.28. The number of hydrogen-bond acceptors (Lipinski definition) is 7. The van der Waals surface area contributed by atoms with E-state index >= 15 is 0 Å². The van der Waals surface area contributed by atoms with Gasteiger partial charge >= 0.3 is 0 Å². The molecule has 0 aliphatic carbocycles. The molecule has 0 atom stereocenters. The zero-order valence-corrected chi connectivity index (χ0v) is 19.8. The standard InChI is InChI=1S/C25H29N3O6/c1-5-34-14-6-13-28-24(30)22(17-7-9-18(10-8-17)26-16(2)29)23(25(28)31)27-20-12-11-19(32-3)15-21(20)33-4/h7-12,15,27H,5-6,13-14H2,1-4H3,(H,26,29). The van der Waals surface area contributed by atoms with Crippen LogP contribution in [0.4, 0.5) is 11.4 Å². The van der Waals surface area contributed by atoms with Crippen LogP contribution >= 0.6 is 0 Å². The van der Waals surface area contributed by atoms with Crippen molar-refractivity contribution in [3.63, 3.8) is 0 Å². The number of nitrogens with one attached hydrogen (secondary N) is 2. The van der Waals surface area contributed by atoms with Gasteiger partial charge in [-0.3, -0.25) is 19.3 Å². The van der Waals surface area contributed by atoms with Gasteiger partial charge in [-0.25, -0.2) is 0 Å². The monoisotopic (exact) mass is 467 g/mol. The number of rotatable bonds is 11. The Morgan fingerprint density at radius 1 is 1.00 bits per heavy atom. The third-order valence-electron chi connectivity index (χ3n) is 5.20. The van der Waals surface area contributed by atoms with E-state index in [2.05, 4.69) is 10.6 Å². The molecule has 180 valence electrons. The van der Waals surface area contributed by atoms with Crippen molar-refractivity contribution < 1.29 is 28.6 Å². The maximum atomic E-state index is 13.3. The fourth-order valence-electron chi connectivity index (χ4n) is 3.59. The number of anilines is 2. The Labute approximate surface area is 198 Å². The number of imide groups is 1. The molecule has 0 aromatic heterocycles. The average molecular weight is 468 g/mol. The molecule has 0 saturated carbocycles. The summed E-state index contributed by atoms with van der Waals surface area (Å²) < 4.78 is 16.0. The van der Waals surface area contributed by atoms with Gasteiger partial charge in [0.2, 0.25) is 5.91 Å². The van der Waals surface area contributed by atoms with Crippen LogP contribution in [0.5, 0.6) is 11.5 Å². The Morgan fingerprint density at radius 2 is 1.74 bits per heavy atom. The third kappa shape index (κ3) is 5.55. The first-order valence-corrected chi connectivity index (χ1v) is 10.9. The molecule has 2 aromatic rings. The number of amides is 3. The summed E-state index contributed by atoms with van der Waals surface area (Å²) in [6.45, 7) is 4.55. The van der Waals surface area contributed by atoms with Gasteiger partial charge in [-0.2, -0.15) is 0 Å².